The van der Waals surface area contributed by atoms with Crippen LogP contribution in [0.5, 0.6) is 0 Å². The third kappa shape index (κ3) is 5.05. The van der Waals surface area contributed by atoms with E-state index in [4.69, 9.17) is 11.6 Å². The lowest BCUT2D eigenvalue weighted by molar-refractivity contribution is 0.0955. The summed E-state index contributed by atoms with van der Waals surface area (Å²) in [6.45, 7) is 3.93. The number of hydrogen-bond acceptors (Lipinski definition) is 4. The highest BCUT2D eigenvalue weighted by Gasteiger charge is 2.21. The minimum absolute atomic E-state index is 0.192. The van der Waals surface area contributed by atoms with E-state index in [0.29, 0.717) is 16.3 Å². The van der Waals surface area contributed by atoms with Crippen LogP contribution in [-0.4, -0.2) is 32.2 Å². The van der Waals surface area contributed by atoms with E-state index in [1.165, 1.54) is 23.5 Å². The van der Waals surface area contributed by atoms with Crippen LogP contribution in [-0.2, 0) is 10.0 Å². The van der Waals surface area contributed by atoms with Crippen molar-refractivity contribution in [3.63, 3.8) is 0 Å². The summed E-state index contributed by atoms with van der Waals surface area (Å²) < 4.78 is 28.8. The summed E-state index contributed by atoms with van der Waals surface area (Å²) in [6.07, 6.45) is 1.59. The zero-order valence-corrected chi connectivity index (χ0v) is 21.6. The van der Waals surface area contributed by atoms with Gasteiger partial charge in [0.05, 0.1) is 27.5 Å². The maximum Gasteiger partial charge on any atom is 0.271 e. The molecule has 0 unspecified atom stereocenters. The van der Waals surface area contributed by atoms with Crippen molar-refractivity contribution in [2.24, 2.45) is 5.10 Å². The molecule has 184 valence electrons. The van der Waals surface area contributed by atoms with Gasteiger partial charge in [0, 0.05) is 29.6 Å². The summed E-state index contributed by atoms with van der Waals surface area (Å²) in [5.41, 5.74) is 6.94. The topological polar surface area (TPSA) is 83.8 Å². The van der Waals surface area contributed by atoms with Gasteiger partial charge in [-0.1, -0.05) is 41.9 Å². The molecule has 1 amide bonds. The second kappa shape index (κ2) is 10.4. The largest absolute Gasteiger partial charge is 0.316 e. The first-order valence-corrected chi connectivity index (χ1v) is 12.9. The van der Waals surface area contributed by atoms with Crippen LogP contribution in [0.25, 0.3) is 5.69 Å². The first-order chi connectivity index (χ1) is 17.2. The van der Waals surface area contributed by atoms with E-state index < -0.39 is 15.9 Å². The predicted molar refractivity (Wildman–Crippen MR) is 144 cm³/mol. The van der Waals surface area contributed by atoms with Crippen LogP contribution in [0, 0.1) is 13.8 Å². The summed E-state index contributed by atoms with van der Waals surface area (Å²) in [4.78, 5) is 12.8. The van der Waals surface area contributed by atoms with E-state index in [9.17, 15) is 13.2 Å². The smallest absolute Gasteiger partial charge is 0.271 e. The average molecular weight is 521 g/mol. The number of benzene rings is 3. The van der Waals surface area contributed by atoms with E-state index in [2.05, 4.69) is 10.5 Å². The van der Waals surface area contributed by atoms with Crippen LogP contribution in [0.15, 0.2) is 94.9 Å². The molecule has 0 aliphatic carbocycles. The Hall–Kier alpha value is -3.88. The predicted octanol–water partition coefficient (Wildman–Crippen LogP) is 5.34. The van der Waals surface area contributed by atoms with Gasteiger partial charge in [-0.3, -0.25) is 9.10 Å². The first kappa shape index (κ1) is 25.2. The molecule has 0 radical (unpaired) electrons. The number of para-hydroxylation sites is 1. The number of rotatable bonds is 7. The lowest BCUT2D eigenvalue weighted by Gasteiger charge is -2.19. The Morgan fingerprint density at radius 1 is 0.972 bits per heavy atom. The van der Waals surface area contributed by atoms with Crippen molar-refractivity contribution in [1.82, 2.24) is 9.99 Å². The van der Waals surface area contributed by atoms with E-state index in [-0.39, 0.29) is 4.90 Å². The molecule has 0 saturated heterocycles. The minimum Gasteiger partial charge on any atom is -0.316 e. The Kier molecular flexibility index (Phi) is 7.28. The van der Waals surface area contributed by atoms with Crippen molar-refractivity contribution in [2.45, 2.75) is 18.7 Å². The molecule has 0 fully saturated rings. The number of aryl methyl sites for hydroxylation is 1. The SMILES string of the molecule is Cc1cc(/C=N/NC(=O)c2ccc(N(C)S(=O)(=O)c3ccccc3)cc2)c(C)n1-c1ccccc1Cl. The van der Waals surface area contributed by atoms with Crippen molar-refractivity contribution < 1.29 is 13.2 Å². The van der Waals surface area contributed by atoms with Crippen molar-refractivity contribution in [2.75, 3.05) is 11.4 Å². The zero-order valence-electron chi connectivity index (χ0n) is 20.0. The standard InChI is InChI=1S/C27H25ClN4O3S/c1-19-17-22(20(2)32(19)26-12-8-7-11-25(26)28)18-29-30-27(33)21-13-15-23(16-14-21)31(3)36(34,35)24-9-5-4-6-10-24/h4-18H,1-3H3,(H,30,33)/b29-18+. The third-order valence-corrected chi connectivity index (χ3v) is 7.95. The highest BCUT2D eigenvalue weighted by molar-refractivity contribution is 7.92. The van der Waals surface area contributed by atoms with Gasteiger partial charge >= 0.3 is 0 Å². The molecule has 0 saturated carbocycles. The van der Waals surface area contributed by atoms with E-state index >= 15 is 0 Å². The van der Waals surface area contributed by atoms with Gasteiger partial charge in [-0.2, -0.15) is 5.10 Å². The van der Waals surface area contributed by atoms with Crippen LogP contribution < -0.4 is 9.73 Å². The summed E-state index contributed by atoms with van der Waals surface area (Å²) in [7, 11) is -2.23. The van der Waals surface area contributed by atoms with E-state index in [1.807, 2.05) is 48.7 Å². The van der Waals surface area contributed by atoms with Crippen LogP contribution in [0.3, 0.4) is 0 Å². The molecule has 9 heteroatoms. The fourth-order valence-electron chi connectivity index (χ4n) is 3.86. The van der Waals surface area contributed by atoms with Crippen LogP contribution in [0.2, 0.25) is 5.02 Å². The fraction of sp³-hybridized carbons (Fsp3) is 0.111. The number of sulfonamides is 1. The number of amides is 1. The molecule has 1 N–H and O–H groups in total. The van der Waals surface area contributed by atoms with Crippen LogP contribution >= 0.6 is 11.6 Å². The first-order valence-electron chi connectivity index (χ1n) is 11.1. The fourth-order valence-corrected chi connectivity index (χ4v) is 5.30. The van der Waals surface area contributed by atoms with Crippen LogP contribution in [0.1, 0.15) is 27.3 Å². The Labute approximate surface area is 215 Å². The molecule has 0 spiro atoms. The molecule has 1 aromatic heterocycles. The molecule has 0 aliphatic rings. The van der Waals surface area contributed by atoms with Crippen molar-refractivity contribution in [1.29, 1.82) is 0 Å². The van der Waals surface area contributed by atoms with Crippen molar-refractivity contribution >= 4 is 39.4 Å². The summed E-state index contributed by atoms with van der Waals surface area (Å²) in [6, 6.07) is 24.0. The van der Waals surface area contributed by atoms with Crippen LogP contribution in [0.4, 0.5) is 5.69 Å². The number of aromatic nitrogens is 1. The molecule has 0 atom stereocenters. The normalized spacial score (nSPS) is 11.6. The summed E-state index contributed by atoms with van der Waals surface area (Å²) in [5.74, 6) is -0.411. The number of anilines is 1. The monoisotopic (exact) mass is 520 g/mol. The second-order valence-electron chi connectivity index (χ2n) is 8.14. The lowest BCUT2D eigenvalue weighted by atomic mass is 10.2. The second-order valence-corrected chi connectivity index (χ2v) is 10.5. The Morgan fingerprint density at radius 2 is 1.61 bits per heavy atom. The molecular weight excluding hydrogens is 496 g/mol. The van der Waals surface area contributed by atoms with Gasteiger partial charge in [0.2, 0.25) is 0 Å². The zero-order chi connectivity index (χ0) is 25.9. The average Bonchev–Trinajstić information content (AvgIpc) is 3.17. The van der Waals surface area contributed by atoms with Gasteiger partial charge in [0.15, 0.2) is 0 Å². The molecule has 7 nitrogen and oxygen atoms in total. The number of halogens is 1. The summed E-state index contributed by atoms with van der Waals surface area (Å²) >= 11 is 6.36. The van der Waals surface area contributed by atoms with Gasteiger partial charge in [-0.25, -0.2) is 13.8 Å². The lowest BCUT2D eigenvalue weighted by Crippen LogP contribution is -2.26. The number of carbonyl (C=O) groups is 1. The number of nitrogens with zero attached hydrogens (tertiary/aromatic N) is 3. The van der Waals surface area contributed by atoms with Gasteiger partial charge in [-0.15, -0.1) is 0 Å². The third-order valence-electron chi connectivity index (χ3n) is 5.83. The molecular formula is C27H25ClN4O3S. The maximum absolute atomic E-state index is 12.8. The van der Waals surface area contributed by atoms with E-state index in [1.54, 1.807) is 48.7 Å². The van der Waals surface area contributed by atoms with Gasteiger partial charge < -0.3 is 4.57 Å². The van der Waals surface area contributed by atoms with Gasteiger partial charge in [0.25, 0.3) is 15.9 Å². The number of hydrogen-bond donors (Lipinski definition) is 1. The highest BCUT2D eigenvalue weighted by Crippen LogP contribution is 2.26. The molecule has 4 aromatic rings. The highest BCUT2D eigenvalue weighted by atomic mass is 35.5. The molecule has 1 heterocycles. The molecule has 4 rings (SSSR count). The summed E-state index contributed by atoms with van der Waals surface area (Å²) in [5, 5.41) is 4.75. The van der Waals surface area contributed by atoms with Gasteiger partial charge in [-0.05, 0) is 68.4 Å². The number of hydrazone groups is 1. The Balaban J connectivity index is 1.45. The molecule has 3 aromatic carbocycles. The van der Waals surface area contributed by atoms with Crippen molar-refractivity contribution in [3.05, 3.63) is 112 Å². The number of nitrogens with one attached hydrogen (secondary N) is 1. The van der Waals surface area contributed by atoms with Crippen molar-refractivity contribution in [3.8, 4) is 5.69 Å². The van der Waals surface area contributed by atoms with E-state index in [0.717, 1.165) is 22.6 Å². The number of carbonyl (C=O) groups excluding carboxylic acids is 1. The van der Waals surface area contributed by atoms with Gasteiger partial charge in [0.1, 0.15) is 0 Å². The minimum atomic E-state index is -3.70. The maximum atomic E-state index is 12.8. The quantitative estimate of drug-likeness (QED) is 0.264. The molecule has 0 aliphatic heterocycles. The Bertz CT molecular complexity index is 1530. The molecule has 36 heavy (non-hydrogen) atoms. The molecule has 0 bridgehead atoms. The Morgan fingerprint density at radius 3 is 2.28 bits per heavy atom.